The first-order chi connectivity index (χ1) is 39.7. The largest absolute Gasteiger partial charge is 0.378 e. The highest BCUT2D eigenvalue weighted by atomic mass is 32.2. The molecule has 446 valence electrons. The lowest BCUT2D eigenvalue weighted by atomic mass is 9.97. The van der Waals surface area contributed by atoms with Gasteiger partial charge in [-0.25, -0.2) is 66.3 Å². The van der Waals surface area contributed by atoms with E-state index in [0.29, 0.717) is 49.3 Å². The summed E-state index contributed by atoms with van der Waals surface area (Å²) < 4.78 is 284. The minimum atomic E-state index is -5.65. The molecule has 3 unspecified atom stereocenters. The third-order valence-electron chi connectivity index (χ3n) is 14.0. The number of rotatable bonds is 16. The number of unbranched alkanes of at least 4 members (excludes halogenated alkanes) is 1. The maximum atomic E-state index is 17.0. The average Bonchev–Trinajstić information content (AvgIpc) is 1.92. The van der Waals surface area contributed by atoms with E-state index in [1.54, 1.807) is 11.8 Å². The first kappa shape index (κ1) is 59.3. The average molecular weight is 1260 g/mol. The van der Waals surface area contributed by atoms with E-state index < -0.39 is 221 Å². The number of benzene rings is 3. The molecule has 7 heterocycles. The number of nitrogens with two attached hydrogens (primary N) is 2. The molecule has 18 nitrogen and oxygen atoms in total. The van der Waals surface area contributed by atoms with Crippen LogP contribution in [-0.2, 0) is 33.6 Å². The molecule has 8 bridgehead atoms. The predicted molar refractivity (Wildman–Crippen MR) is 266 cm³/mol. The molecule has 84 heavy (non-hydrogen) atoms. The summed E-state index contributed by atoms with van der Waals surface area (Å²) in [7, 11) is -11.2. The third-order valence-corrected chi connectivity index (χ3v) is 17.7. The smallest absolute Gasteiger partial charge is 0.315 e. The number of aromatic nitrogens is 3. The van der Waals surface area contributed by atoms with E-state index in [0.717, 1.165) is 6.08 Å². The van der Waals surface area contributed by atoms with E-state index >= 15 is 52.7 Å². The van der Waals surface area contributed by atoms with Crippen LogP contribution in [0.1, 0.15) is 60.2 Å². The Morgan fingerprint density at radius 1 is 0.607 bits per heavy atom. The topological polar surface area (TPSA) is 280 Å². The fourth-order valence-electron chi connectivity index (χ4n) is 10.2. The van der Waals surface area contributed by atoms with Gasteiger partial charge in [-0.15, -0.1) is 0 Å². The van der Waals surface area contributed by atoms with Crippen molar-refractivity contribution in [1.82, 2.24) is 36.2 Å². The fourth-order valence-corrected chi connectivity index (χ4v) is 13.3. The van der Waals surface area contributed by atoms with Gasteiger partial charge in [0, 0.05) is 81.4 Å². The molecule has 12 N–H and O–H groups in total. The molecule has 2 fully saturated rings. The molecule has 0 saturated carbocycles. The second kappa shape index (κ2) is 22.3. The van der Waals surface area contributed by atoms with Crippen LogP contribution in [0.5, 0.6) is 0 Å². The highest BCUT2D eigenvalue weighted by molar-refractivity contribution is 8.00. The maximum absolute atomic E-state index is 17.0. The van der Waals surface area contributed by atoms with Crippen LogP contribution in [-0.4, -0.2) is 79.9 Å². The molecule has 2 saturated heterocycles. The Bertz CT molecular complexity index is 4180. The van der Waals surface area contributed by atoms with Gasteiger partial charge in [0.2, 0.25) is 17.5 Å². The summed E-state index contributed by atoms with van der Waals surface area (Å²) in [6.45, 7) is -1.02. The van der Waals surface area contributed by atoms with Crippen LogP contribution >= 0.6 is 11.8 Å². The van der Waals surface area contributed by atoms with Crippen LogP contribution in [0.2, 0.25) is 0 Å². The molecule has 0 radical (unpaired) electrons. The summed E-state index contributed by atoms with van der Waals surface area (Å²) in [5, 5.41) is 10.8. The predicted octanol–water partition coefficient (Wildman–Crippen LogP) is 5.79. The van der Waals surface area contributed by atoms with Crippen molar-refractivity contribution in [3.8, 4) is 11.4 Å². The van der Waals surface area contributed by atoms with Crippen LogP contribution in [0.25, 0.3) is 28.1 Å². The number of hydrogen-bond acceptors (Lipinski definition) is 13. The number of amides is 3. The van der Waals surface area contributed by atoms with E-state index in [-0.39, 0.29) is 29.8 Å². The van der Waals surface area contributed by atoms with Gasteiger partial charge >= 0.3 is 26.3 Å². The summed E-state index contributed by atoms with van der Waals surface area (Å²) in [6, 6.07) is 1.63. The van der Waals surface area contributed by atoms with Crippen molar-refractivity contribution in [3.05, 3.63) is 162 Å². The number of carbonyl (C=O) groups excluding carboxylic acids is 2. The van der Waals surface area contributed by atoms with Crippen LogP contribution in [0.3, 0.4) is 0 Å². The van der Waals surface area contributed by atoms with E-state index in [2.05, 4.69) is 50.1 Å². The number of fused-ring (bicyclic) bond motifs is 10. The van der Waals surface area contributed by atoms with Crippen molar-refractivity contribution < 1.29 is 96.5 Å². The SMILES string of the molecule is NOS(=O)(=O)c1cc2[nH]c1C(c1c(F)c(F)c(NCCNC(=O)CCCCC3SCC4NC(=O)NC43)c(F)c1F)=c1ccc([nH]1)=C(c1c(F)c(F)c(F)c(F)c1F)C1=CCC(=C(c3c(F)c(F)c(F)c(F)c3F)c3cc(S(=O)(=O)ON)c-2[nH]3)N1. The Labute approximate surface area is 465 Å². The molecule has 4 aliphatic heterocycles. The maximum Gasteiger partial charge on any atom is 0.315 e. The number of anilines is 1. The number of urea groups is 1. The first-order valence-electron chi connectivity index (χ1n) is 24.2. The van der Waals surface area contributed by atoms with Gasteiger partial charge in [0.1, 0.15) is 15.5 Å². The van der Waals surface area contributed by atoms with E-state index in [1.165, 1.54) is 0 Å². The molecule has 0 spiro atoms. The zero-order chi connectivity index (χ0) is 60.8. The molecular weight excluding hydrogens is 1220 g/mol. The lowest BCUT2D eigenvalue weighted by molar-refractivity contribution is -0.121. The van der Waals surface area contributed by atoms with Gasteiger partial charge in [-0.2, -0.15) is 49.0 Å². The van der Waals surface area contributed by atoms with Gasteiger partial charge in [0.05, 0.1) is 45.9 Å². The van der Waals surface area contributed by atoms with E-state index in [4.69, 9.17) is 11.8 Å². The van der Waals surface area contributed by atoms with Crippen LogP contribution in [0.4, 0.5) is 71.9 Å². The van der Waals surface area contributed by atoms with Crippen molar-refractivity contribution >= 4 is 66.3 Å². The van der Waals surface area contributed by atoms with Crippen molar-refractivity contribution in [3.63, 3.8) is 0 Å². The lowest BCUT2D eigenvalue weighted by Crippen LogP contribution is -2.36. The third kappa shape index (κ3) is 10.0. The van der Waals surface area contributed by atoms with Crippen molar-refractivity contribution in [1.29, 1.82) is 0 Å². The number of halogens is 14. The number of allylic oxidation sites excluding steroid dienone is 2. The summed E-state index contributed by atoms with van der Waals surface area (Å²) in [5.41, 5.74) is -17.3. The van der Waals surface area contributed by atoms with E-state index in [1.807, 2.05) is 0 Å². The Balaban J connectivity index is 1.15. The van der Waals surface area contributed by atoms with Crippen molar-refractivity contribution in [2.75, 3.05) is 24.2 Å². The van der Waals surface area contributed by atoms with Gasteiger partial charge in [-0.05, 0) is 37.1 Å². The lowest BCUT2D eigenvalue weighted by Gasteiger charge is -2.18. The summed E-state index contributed by atoms with van der Waals surface area (Å²) in [4.78, 5) is 28.4. The summed E-state index contributed by atoms with van der Waals surface area (Å²) in [5.74, 6) is -25.3. The minimum absolute atomic E-state index is 0.0154. The number of carbonyl (C=O) groups is 2. The summed E-state index contributed by atoms with van der Waals surface area (Å²) >= 11 is 1.66. The van der Waals surface area contributed by atoms with Crippen LogP contribution in [0.15, 0.2) is 51.5 Å². The molecule has 3 aromatic carbocycles. The van der Waals surface area contributed by atoms with Crippen molar-refractivity contribution in [2.45, 2.75) is 59.2 Å². The normalized spacial score (nSPS) is 17.7. The quantitative estimate of drug-likeness (QED) is 0.0137. The highest BCUT2D eigenvalue weighted by Gasteiger charge is 2.43. The molecule has 6 aromatic rings. The van der Waals surface area contributed by atoms with Crippen LogP contribution in [0, 0.1) is 81.4 Å². The van der Waals surface area contributed by atoms with Gasteiger partial charge in [0.15, 0.2) is 69.8 Å². The molecule has 4 aliphatic rings. The molecular formula is C49H36F14N10O8S3. The minimum Gasteiger partial charge on any atom is -0.378 e. The Morgan fingerprint density at radius 2 is 1.11 bits per heavy atom. The molecule has 3 aromatic heterocycles. The van der Waals surface area contributed by atoms with Crippen LogP contribution < -0.4 is 49.1 Å². The number of nitrogens with one attached hydrogen (secondary N) is 8. The number of aromatic amines is 3. The molecule has 35 heteroatoms. The zero-order valence-corrected chi connectivity index (χ0v) is 44.2. The highest BCUT2D eigenvalue weighted by Crippen LogP contribution is 2.44. The molecule has 3 atom stereocenters. The van der Waals surface area contributed by atoms with Gasteiger partial charge in [-0.3, -0.25) is 4.79 Å². The monoisotopic (exact) mass is 1250 g/mol. The molecule has 0 aliphatic carbocycles. The Kier molecular flexibility index (Phi) is 15.8. The fraction of sp³-hybridized carbons (Fsp3) is 0.224. The summed E-state index contributed by atoms with van der Waals surface area (Å²) in [6.07, 6.45) is 1.47. The first-order valence-corrected chi connectivity index (χ1v) is 28.1. The van der Waals surface area contributed by atoms with Gasteiger partial charge in [0.25, 0.3) is 0 Å². The Hall–Kier alpha value is -7.83. The van der Waals surface area contributed by atoms with Gasteiger partial charge in [-0.1, -0.05) is 12.5 Å². The van der Waals surface area contributed by atoms with E-state index in [9.17, 15) is 35.2 Å². The van der Waals surface area contributed by atoms with Gasteiger partial charge < -0.3 is 41.5 Å². The second-order valence-corrected chi connectivity index (χ2v) is 23.2. The second-order valence-electron chi connectivity index (χ2n) is 18.8. The Morgan fingerprint density at radius 3 is 1.69 bits per heavy atom. The van der Waals surface area contributed by atoms with Crippen molar-refractivity contribution in [2.24, 2.45) is 11.8 Å². The number of hydrogen-bond donors (Lipinski definition) is 10. The molecule has 3 amide bonds. The zero-order valence-electron chi connectivity index (χ0n) is 41.7. The standard InChI is InChI=1S/C49H36F14N10O8S3/c50-31-28(32(51)38(57)41(60)37(31)56)25-14-5-6-16(68-14)26(29-33(52)39(58)42(61)40(59)34(29)53)18-11-22(83(76,77)80-64)46(70-18)19-12-23(84(78,79)81-65)47(71-19)27(17-8-7-15(25)69-17)30-35(54)43(62)48(44(63)36(30)55)67-10-9-66-24(74)4-2-1-3-21-45-20(13-82-21)72-49(75)73-45/h5,7-8,11-12,20-21,45,67-71H,1-4,6,9-10,13,64-65H2,(H,66,74)(H2,72,73,75). The molecule has 10 rings (SSSR count). The number of thioether (sulfide) groups is 1. The number of H-pyrrole nitrogens is 3.